The Morgan fingerprint density at radius 1 is 1.27 bits per heavy atom. The summed E-state index contributed by atoms with van der Waals surface area (Å²) in [5.41, 5.74) is 3.74. The summed E-state index contributed by atoms with van der Waals surface area (Å²) in [4.78, 5) is 19.0. The highest BCUT2D eigenvalue weighted by molar-refractivity contribution is 5.86. The monoisotopic (exact) mass is 348 g/mol. The summed E-state index contributed by atoms with van der Waals surface area (Å²) >= 11 is 0. The summed E-state index contributed by atoms with van der Waals surface area (Å²) in [7, 11) is 0. The molecule has 0 aliphatic rings. The molecule has 0 fully saturated rings. The molecule has 2 aromatic heterocycles. The molecule has 132 valence electrons. The maximum atomic E-state index is 11.7. The van der Waals surface area contributed by atoms with Gasteiger partial charge in [0.05, 0.1) is 5.56 Å². The number of benzene rings is 1. The van der Waals surface area contributed by atoms with Gasteiger partial charge in [0.1, 0.15) is 18.3 Å². The lowest BCUT2D eigenvalue weighted by Crippen LogP contribution is -2.40. The molecular formula is C20H20N4O2. The van der Waals surface area contributed by atoms with Crippen molar-refractivity contribution in [2.75, 3.05) is 0 Å². The minimum atomic E-state index is -0.437. The van der Waals surface area contributed by atoms with Gasteiger partial charge in [-0.1, -0.05) is 24.3 Å². The number of fused-ring (bicyclic) bond motifs is 1. The molecule has 0 radical (unpaired) electrons. The fourth-order valence-electron chi connectivity index (χ4n) is 2.54. The predicted molar refractivity (Wildman–Crippen MR) is 99.3 cm³/mol. The van der Waals surface area contributed by atoms with Crippen LogP contribution in [0.2, 0.25) is 0 Å². The average molecular weight is 348 g/mol. The summed E-state index contributed by atoms with van der Waals surface area (Å²) in [6, 6.07) is 11.8. The van der Waals surface area contributed by atoms with Crippen LogP contribution in [0, 0.1) is 11.3 Å². The summed E-state index contributed by atoms with van der Waals surface area (Å²) < 4.78 is 5.22. The molecule has 0 aliphatic heterocycles. The highest BCUT2D eigenvalue weighted by atomic mass is 16.5. The molecule has 6 heteroatoms. The van der Waals surface area contributed by atoms with E-state index in [4.69, 9.17) is 10.00 Å². The molecule has 0 aliphatic carbocycles. The van der Waals surface area contributed by atoms with Gasteiger partial charge in [0.25, 0.3) is 0 Å². The number of carbonyl (C=O) groups is 1. The van der Waals surface area contributed by atoms with Crippen LogP contribution in [0.25, 0.3) is 22.2 Å². The second kappa shape index (κ2) is 6.89. The largest absolute Gasteiger partial charge is 0.445 e. The number of nitriles is 1. The highest BCUT2D eigenvalue weighted by Gasteiger charge is 2.14. The van der Waals surface area contributed by atoms with Gasteiger partial charge in [0.2, 0.25) is 0 Å². The Labute approximate surface area is 151 Å². The van der Waals surface area contributed by atoms with E-state index in [9.17, 15) is 4.79 Å². The smallest absolute Gasteiger partial charge is 0.407 e. The van der Waals surface area contributed by atoms with Crippen molar-refractivity contribution < 1.29 is 9.53 Å². The lowest BCUT2D eigenvalue weighted by atomic mass is 10.0. The van der Waals surface area contributed by atoms with Crippen LogP contribution in [0.15, 0.2) is 42.7 Å². The number of aromatic nitrogens is 2. The number of H-pyrrole nitrogens is 1. The lowest BCUT2D eigenvalue weighted by Gasteiger charge is -2.19. The number of nitrogens with zero attached hydrogens (tertiary/aromatic N) is 2. The predicted octanol–water partition coefficient (Wildman–Crippen LogP) is 4.13. The minimum absolute atomic E-state index is 0.204. The number of aromatic amines is 1. The van der Waals surface area contributed by atoms with Gasteiger partial charge >= 0.3 is 6.09 Å². The topological polar surface area (TPSA) is 90.8 Å². The van der Waals surface area contributed by atoms with Gasteiger partial charge in [0.15, 0.2) is 0 Å². The molecule has 3 rings (SSSR count). The Morgan fingerprint density at radius 2 is 2.00 bits per heavy atom. The summed E-state index contributed by atoms with van der Waals surface area (Å²) in [5, 5.41) is 12.7. The number of pyridine rings is 1. The first-order chi connectivity index (χ1) is 12.4. The summed E-state index contributed by atoms with van der Waals surface area (Å²) in [6.07, 6.45) is 2.99. The molecule has 3 aromatic rings. The van der Waals surface area contributed by atoms with Gasteiger partial charge in [0, 0.05) is 28.9 Å². The fourth-order valence-corrected chi connectivity index (χ4v) is 2.54. The highest BCUT2D eigenvalue weighted by Crippen LogP contribution is 2.24. The number of amides is 1. The minimum Gasteiger partial charge on any atom is -0.445 e. The molecule has 1 aromatic carbocycles. The van der Waals surface area contributed by atoms with E-state index in [1.54, 1.807) is 12.4 Å². The van der Waals surface area contributed by atoms with Crippen molar-refractivity contribution in [1.29, 1.82) is 5.26 Å². The first-order valence-corrected chi connectivity index (χ1v) is 8.27. The molecule has 0 saturated carbocycles. The van der Waals surface area contributed by atoms with E-state index < -0.39 is 6.09 Å². The van der Waals surface area contributed by atoms with Crippen LogP contribution >= 0.6 is 0 Å². The normalized spacial score (nSPS) is 11.2. The number of hydrogen-bond acceptors (Lipinski definition) is 4. The van der Waals surface area contributed by atoms with Crippen LogP contribution in [0.5, 0.6) is 0 Å². The van der Waals surface area contributed by atoms with Crippen LogP contribution in [0.4, 0.5) is 4.79 Å². The van der Waals surface area contributed by atoms with Gasteiger partial charge in [-0.05, 0) is 38.0 Å². The summed E-state index contributed by atoms with van der Waals surface area (Å²) in [6.45, 7) is 5.90. The maximum absolute atomic E-state index is 11.7. The number of ether oxygens (including phenoxy) is 1. The molecule has 26 heavy (non-hydrogen) atoms. The second-order valence-electron chi connectivity index (χ2n) is 7.08. The van der Waals surface area contributed by atoms with Crippen LogP contribution in [0.1, 0.15) is 31.9 Å². The molecule has 1 amide bonds. The van der Waals surface area contributed by atoms with Gasteiger partial charge in [-0.15, -0.1) is 0 Å². The SMILES string of the molecule is CC(C)(C)NC(=O)OCc1ccc(-c2cnc3[nH]cc(C#N)c3c2)cc1. The van der Waals surface area contributed by atoms with Crippen molar-refractivity contribution in [2.24, 2.45) is 0 Å². The van der Waals surface area contributed by atoms with E-state index >= 15 is 0 Å². The first-order valence-electron chi connectivity index (χ1n) is 8.27. The Morgan fingerprint density at radius 3 is 2.65 bits per heavy atom. The van der Waals surface area contributed by atoms with E-state index in [-0.39, 0.29) is 12.1 Å². The Bertz CT molecular complexity index is 976. The van der Waals surface area contributed by atoms with Crippen molar-refractivity contribution >= 4 is 17.1 Å². The van der Waals surface area contributed by atoms with Gasteiger partial charge in [-0.3, -0.25) is 0 Å². The molecule has 0 saturated heterocycles. The third-order valence-electron chi connectivity index (χ3n) is 3.79. The number of rotatable bonds is 3. The van der Waals surface area contributed by atoms with Crippen LogP contribution in [-0.4, -0.2) is 21.6 Å². The lowest BCUT2D eigenvalue weighted by molar-refractivity contribution is 0.131. The molecule has 2 heterocycles. The molecular weight excluding hydrogens is 328 g/mol. The van der Waals surface area contributed by atoms with E-state index in [2.05, 4.69) is 21.4 Å². The number of hydrogen-bond donors (Lipinski definition) is 2. The molecule has 2 N–H and O–H groups in total. The van der Waals surface area contributed by atoms with Crippen LogP contribution < -0.4 is 5.32 Å². The Hall–Kier alpha value is -3.33. The number of nitrogens with one attached hydrogen (secondary N) is 2. The molecule has 0 unspecified atom stereocenters. The molecule has 0 spiro atoms. The van der Waals surface area contributed by atoms with E-state index in [1.807, 2.05) is 51.1 Å². The van der Waals surface area contributed by atoms with Crippen LogP contribution in [-0.2, 0) is 11.3 Å². The van der Waals surface area contributed by atoms with E-state index in [1.165, 1.54) is 0 Å². The third-order valence-corrected chi connectivity index (χ3v) is 3.79. The zero-order chi connectivity index (χ0) is 18.7. The third kappa shape index (κ3) is 4.01. The average Bonchev–Trinajstić information content (AvgIpc) is 3.01. The maximum Gasteiger partial charge on any atom is 0.407 e. The van der Waals surface area contributed by atoms with Gasteiger partial charge < -0.3 is 15.0 Å². The fraction of sp³-hybridized carbons (Fsp3) is 0.250. The zero-order valence-corrected chi connectivity index (χ0v) is 15.0. The van der Waals surface area contributed by atoms with Gasteiger partial charge in [-0.25, -0.2) is 9.78 Å². The molecule has 0 atom stereocenters. The Kier molecular flexibility index (Phi) is 4.63. The Balaban J connectivity index is 1.72. The van der Waals surface area contributed by atoms with Crippen LogP contribution in [0.3, 0.4) is 0 Å². The number of alkyl carbamates (subject to hydrolysis) is 1. The van der Waals surface area contributed by atoms with Crippen molar-refractivity contribution in [3.05, 3.63) is 53.9 Å². The van der Waals surface area contributed by atoms with Crippen molar-refractivity contribution in [2.45, 2.75) is 32.9 Å². The van der Waals surface area contributed by atoms with E-state index in [0.29, 0.717) is 11.2 Å². The van der Waals surface area contributed by atoms with Crippen molar-refractivity contribution in [3.63, 3.8) is 0 Å². The standard InChI is InChI=1S/C20H20N4O2/c1-20(2,3)24-19(25)26-12-13-4-6-14(7-5-13)15-8-17-16(9-21)11-23-18(17)22-10-15/h4-8,10-11H,12H2,1-3H3,(H,22,23)(H,24,25). The first kappa shape index (κ1) is 17.5. The number of carbonyl (C=O) groups excluding carboxylic acids is 1. The summed E-state index contributed by atoms with van der Waals surface area (Å²) in [5.74, 6) is 0. The van der Waals surface area contributed by atoms with Crippen molar-refractivity contribution in [1.82, 2.24) is 15.3 Å². The van der Waals surface area contributed by atoms with Crippen molar-refractivity contribution in [3.8, 4) is 17.2 Å². The molecule has 6 nitrogen and oxygen atoms in total. The van der Waals surface area contributed by atoms with Gasteiger partial charge in [-0.2, -0.15) is 5.26 Å². The quantitative estimate of drug-likeness (QED) is 0.744. The zero-order valence-electron chi connectivity index (χ0n) is 15.0. The van der Waals surface area contributed by atoms with E-state index in [0.717, 1.165) is 22.1 Å². The second-order valence-corrected chi connectivity index (χ2v) is 7.08. The molecule has 0 bridgehead atoms.